The van der Waals surface area contributed by atoms with Crippen LogP contribution in [-0.4, -0.2) is 56.5 Å². The number of carbonyl (C=O) groups excluding carboxylic acids is 2. The third kappa shape index (κ3) is 9.37. The third-order valence-corrected chi connectivity index (χ3v) is 8.04. The van der Waals surface area contributed by atoms with Crippen LogP contribution < -0.4 is 27.4 Å². The number of nitrogens with two attached hydrogens (primary N) is 2. The number of aromatic nitrogens is 4. The van der Waals surface area contributed by atoms with Gasteiger partial charge in [-0.15, -0.1) is 0 Å². The van der Waals surface area contributed by atoms with Crippen molar-refractivity contribution in [1.82, 2.24) is 36.1 Å². The SMILES string of the molecule is Cc1cccc(C)c1C[C@H](NC(=O)[C@H](N)CCCNC(=N)N)C(=O)N[C@@H](Cc1c[nH]cn1)c1nc(CC2CCCC2)no1. The molecule has 3 aromatic rings. The summed E-state index contributed by atoms with van der Waals surface area (Å²) in [4.78, 5) is 39.0. The fourth-order valence-corrected chi connectivity index (χ4v) is 5.59. The van der Waals surface area contributed by atoms with Crippen LogP contribution in [0, 0.1) is 25.2 Å². The van der Waals surface area contributed by atoms with Gasteiger partial charge in [0.15, 0.2) is 11.8 Å². The lowest BCUT2D eigenvalue weighted by atomic mass is 9.95. The van der Waals surface area contributed by atoms with Crippen LogP contribution in [0.4, 0.5) is 0 Å². The van der Waals surface area contributed by atoms with Crippen molar-refractivity contribution in [2.75, 3.05) is 6.54 Å². The summed E-state index contributed by atoms with van der Waals surface area (Å²) in [7, 11) is 0. The van der Waals surface area contributed by atoms with Crippen LogP contribution in [-0.2, 0) is 28.9 Å². The average molecular weight is 593 g/mol. The van der Waals surface area contributed by atoms with Crippen LogP contribution >= 0.6 is 0 Å². The molecule has 0 aliphatic heterocycles. The Morgan fingerprint density at radius 1 is 1.14 bits per heavy atom. The third-order valence-electron chi connectivity index (χ3n) is 8.04. The first-order valence-corrected chi connectivity index (χ1v) is 15.0. The van der Waals surface area contributed by atoms with Gasteiger partial charge in [0.1, 0.15) is 12.1 Å². The molecule has 232 valence electrons. The molecule has 0 bridgehead atoms. The van der Waals surface area contributed by atoms with Crippen molar-refractivity contribution in [2.24, 2.45) is 17.4 Å². The zero-order valence-corrected chi connectivity index (χ0v) is 25.0. The number of amides is 2. The number of nitrogens with zero attached hydrogens (tertiary/aromatic N) is 3. The van der Waals surface area contributed by atoms with Crippen LogP contribution in [0.15, 0.2) is 35.2 Å². The normalized spacial score (nSPS) is 15.5. The van der Waals surface area contributed by atoms with Crippen molar-refractivity contribution in [2.45, 2.75) is 89.8 Å². The van der Waals surface area contributed by atoms with Crippen molar-refractivity contribution in [1.29, 1.82) is 5.41 Å². The fourth-order valence-electron chi connectivity index (χ4n) is 5.59. The number of carbonyl (C=O) groups is 2. The van der Waals surface area contributed by atoms with Gasteiger partial charge in [0.05, 0.1) is 18.1 Å². The van der Waals surface area contributed by atoms with Gasteiger partial charge in [-0.05, 0) is 49.3 Å². The maximum atomic E-state index is 13.9. The van der Waals surface area contributed by atoms with E-state index < -0.39 is 29.9 Å². The molecule has 1 aliphatic carbocycles. The first kappa shape index (κ1) is 31.7. The van der Waals surface area contributed by atoms with E-state index >= 15 is 0 Å². The van der Waals surface area contributed by atoms with Crippen LogP contribution in [0.2, 0.25) is 0 Å². The number of aromatic amines is 1. The molecule has 2 aromatic heterocycles. The Kier molecular flexibility index (Phi) is 11.3. The first-order chi connectivity index (χ1) is 20.7. The molecule has 2 heterocycles. The average Bonchev–Trinajstić information content (AvgIpc) is 3.76. The molecular weight excluding hydrogens is 548 g/mol. The number of imidazole rings is 1. The fraction of sp³-hybridized carbons (Fsp3) is 0.533. The molecule has 1 aliphatic rings. The Balaban J connectivity index is 1.52. The lowest BCUT2D eigenvalue weighted by Gasteiger charge is -2.24. The molecule has 43 heavy (non-hydrogen) atoms. The van der Waals surface area contributed by atoms with Crippen molar-refractivity contribution >= 4 is 17.8 Å². The van der Waals surface area contributed by atoms with Gasteiger partial charge in [-0.25, -0.2) is 4.98 Å². The van der Waals surface area contributed by atoms with E-state index in [0.717, 1.165) is 41.6 Å². The second-order valence-corrected chi connectivity index (χ2v) is 11.5. The van der Waals surface area contributed by atoms with Gasteiger partial charge in [0, 0.05) is 32.0 Å². The van der Waals surface area contributed by atoms with E-state index in [9.17, 15) is 9.59 Å². The number of rotatable bonds is 15. The predicted molar refractivity (Wildman–Crippen MR) is 162 cm³/mol. The predicted octanol–water partition coefficient (Wildman–Crippen LogP) is 1.86. The molecule has 4 rings (SSSR count). The Hall–Kier alpha value is -4.26. The van der Waals surface area contributed by atoms with Crippen molar-refractivity contribution in [3.63, 3.8) is 0 Å². The summed E-state index contributed by atoms with van der Waals surface area (Å²) >= 11 is 0. The second-order valence-electron chi connectivity index (χ2n) is 11.5. The molecule has 9 N–H and O–H groups in total. The zero-order chi connectivity index (χ0) is 30.8. The number of guanidine groups is 1. The van der Waals surface area contributed by atoms with Gasteiger partial charge in [0.25, 0.3) is 0 Å². The molecule has 1 fully saturated rings. The highest BCUT2D eigenvalue weighted by Gasteiger charge is 2.30. The molecule has 0 radical (unpaired) electrons. The summed E-state index contributed by atoms with van der Waals surface area (Å²) in [6.45, 7) is 4.39. The number of hydrogen-bond acceptors (Lipinski definition) is 8. The van der Waals surface area contributed by atoms with E-state index in [1.54, 1.807) is 12.5 Å². The second kappa shape index (κ2) is 15.3. The molecule has 13 nitrogen and oxygen atoms in total. The molecule has 0 unspecified atom stereocenters. The lowest BCUT2D eigenvalue weighted by Crippen LogP contribution is -2.53. The number of aryl methyl sites for hydroxylation is 2. The Morgan fingerprint density at radius 2 is 1.88 bits per heavy atom. The summed E-state index contributed by atoms with van der Waals surface area (Å²) in [5.74, 6) is 0.515. The highest BCUT2D eigenvalue weighted by Crippen LogP contribution is 2.28. The van der Waals surface area contributed by atoms with E-state index in [-0.39, 0.29) is 12.4 Å². The molecule has 1 aromatic carbocycles. The van der Waals surface area contributed by atoms with Gasteiger partial charge >= 0.3 is 0 Å². The maximum absolute atomic E-state index is 13.9. The summed E-state index contributed by atoms with van der Waals surface area (Å²) in [6, 6.07) is 3.54. The summed E-state index contributed by atoms with van der Waals surface area (Å²) in [5.41, 5.74) is 15.2. The minimum absolute atomic E-state index is 0.139. The molecule has 0 saturated heterocycles. The lowest BCUT2D eigenvalue weighted by molar-refractivity contribution is -0.130. The molecule has 3 atom stereocenters. The Morgan fingerprint density at radius 3 is 2.56 bits per heavy atom. The van der Waals surface area contributed by atoms with Gasteiger partial charge < -0.3 is 36.9 Å². The highest BCUT2D eigenvalue weighted by molar-refractivity contribution is 5.90. The van der Waals surface area contributed by atoms with Crippen LogP contribution in [0.1, 0.15) is 78.7 Å². The minimum atomic E-state index is -0.906. The van der Waals surface area contributed by atoms with E-state index in [1.807, 2.05) is 32.0 Å². The van der Waals surface area contributed by atoms with Crippen molar-refractivity contribution in [3.8, 4) is 0 Å². The molecule has 1 saturated carbocycles. The zero-order valence-electron chi connectivity index (χ0n) is 25.0. The van der Waals surface area contributed by atoms with E-state index in [2.05, 4.69) is 36.1 Å². The van der Waals surface area contributed by atoms with E-state index in [1.165, 1.54) is 12.8 Å². The number of H-pyrrole nitrogens is 1. The Bertz CT molecular complexity index is 1330. The number of nitrogens with one attached hydrogen (secondary N) is 5. The van der Waals surface area contributed by atoms with E-state index in [4.69, 9.17) is 21.4 Å². The van der Waals surface area contributed by atoms with Crippen molar-refractivity contribution < 1.29 is 14.1 Å². The van der Waals surface area contributed by atoms with Gasteiger partial charge in [-0.1, -0.05) is 49.0 Å². The summed E-state index contributed by atoms with van der Waals surface area (Å²) < 4.78 is 5.66. The van der Waals surface area contributed by atoms with Gasteiger partial charge in [0.2, 0.25) is 17.7 Å². The molecular formula is C30H44N10O3. The van der Waals surface area contributed by atoms with Gasteiger partial charge in [-0.3, -0.25) is 15.0 Å². The van der Waals surface area contributed by atoms with Gasteiger partial charge in [-0.2, -0.15) is 4.98 Å². The number of benzene rings is 1. The minimum Gasteiger partial charge on any atom is -0.370 e. The molecule has 13 heteroatoms. The van der Waals surface area contributed by atoms with Crippen LogP contribution in [0.25, 0.3) is 0 Å². The molecule has 0 spiro atoms. The smallest absolute Gasteiger partial charge is 0.249 e. The first-order valence-electron chi connectivity index (χ1n) is 15.0. The molecule has 2 amide bonds. The Labute approximate surface area is 251 Å². The maximum Gasteiger partial charge on any atom is 0.249 e. The largest absolute Gasteiger partial charge is 0.370 e. The quantitative estimate of drug-likeness (QED) is 0.0778. The highest BCUT2D eigenvalue weighted by atomic mass is 16.5. The van der Waals surface area contributed by atoms with Crippen LogP contribution in [0.5, 0.6) is 0 Å². The summed E-state index contributed by atoms with van der Waals surface area (Å²) in [5, 5.41) is 20.1. The standard InChI is InChI=1S/C30H44N10O3/c1-18-7-5-8-19(2)22(18)15-24(37-27(41)23(31)11-6-12-35-30(32)33)28(42)38-25(14-21-16-34-17-36-21)29-39-26(40-43-29)13-20-9-3-4-10-20/h5,7-8,16-17,20,23-25H,3-4,6,9-15,31H2,1-2H3,(H,34,36)(H,37,41)(H,38,42)(H4,32,33,35)/t23-,24+,25+/m1/s1. The monoisotopic (exact) mass is 592 g/mol. The number of hydrogen-bond donors (Lipinski definition) is 7. The van der Waals surface area contributed by atoms with E-state index in [0.29, 0.717) is 43.4 Å². The van der Waals surface area contributed by atoms with Crippen molar-refractivity contribution in [3.05, 3.63) is 64.8 Å². The van der Waals surface area contributed by atoms with Crippen LogP contribution in [0.3, 0.4) is 0 Å². The summed E-state index contributed by atoms with van der Waals surface area (Å²) in [6.07, 6.45) is 10.3. The topological polar surface area (TPSA) is 214 Å².